The minimum Gasteiger partial charge on any atom is -0.378 e. The summed E-state index contributed by atoms with van der Waals surface area (Å²) in [6.07, 6.45) is 8.72. The molecular weight excluding hydrogens is 340 g/mol. The van der Waals surface area contributed by atoms with E-state index in [0.717, 1.165) is 42.0 Å². The molecule has 1 aliphatic rings. The Balaban J connectivity index is 1.79. The number of aliphatic hydroxyl groups is 1. The van der Waals surface area contributed by atoms with E-state index < -0.39 is 5.60 Å². The molecule has 0 bridgehead atoms. The molecule has 0 radical (unpaired) electrons. The molecule has 4 rings (SSSR count). The van der Waals surface area contributed by atoms with Gasteiger partial charge in [-0.05, 0) is 43.9 Å². The fourth-order valence-electron chi connectivity index (χ4n) is 3.56. The summed E-state index contributed by atoms with van der Waals surface area (Å²) in [6.45, 7) is 0. The average Bonchev–Trinajstić information content (AvgIpc) is 3.05. The summed E-state index contributed by atoms with van der Waals surface area (Å²) >= 11 is 0. The molecule has 6 heteroatoms. The van der Waals surface area contributed by atoms with Crippen LogP contribution in [0.3, 0.4) is 0 Å². The standard InChI is InChI=1S/C21H20N4O2/c22-20-23-11-7-19(24-20)25-13-16(14-26)17-5-4-15(12-18(17)25)6-10-21(27)8-2-1-3-9-21/h4-5,7,11-14,27H,1-3,8-9H2,(H2,22,23,24). The maximum atomic E-state index is 11.5. The van der Waals surface area contributed by atoms with E-state index in [1.807, 2.05) is 18.2 Å². The van der Waals surface area contributed by atoms with Gasteiger partial charge in [-0.25, -0.2) is 4.98 Å². The maximum Gasteiger partial charge on any atom is 0.221 e. The first kappa shape index (κ1) is 17.3. The Labute approximate surface area is 157 Å². The van der Waals surface area contributed by atoms with Gasteiger partial charge < -0.3 is 15.4 Å². The number of hydrogen-bond acceptors (Lipinski definition) is 5. The Bertz CT molecular complexity index is 1070. The zero-order valence-corrected chi connectivity index (χ0v) is 14.9. The van der Waals surface area contributed by atoms with Gasteiger partial charge in [0.05, 0.1) is 5.52 Å². The fraction of sp³-hybridized carbons (Fsp3) is 0.286. The molecule has 0 unspecified atom stereocenters. The van der Waals surface area contributed by atoms with Crippen molar-refractivity contribution < 1.29 is 9.90 Å². The molecule has 3 aromatic rings. The highest BCUT2D eigenvalue weighted by atomic mass is 16.3. The lowest BCUT2D eigenvalue weighted by Gasteiger charge is -2.26. The van der Waals surface area contributed by atoms with Gasteiger partial charge in [-0.3, -0.25) is 4.79 Å². The lowest BCUT2D eigenvalue weighted by atomic mass is 9.85. The number of aromatic nitrogens is 3. The second-order valence-electron chi connectivity index (χ2n) is 6.92. The van der Waals surface area contributed by atoms with Crippen molar-refractivity contribution >= 4 is 23.1 Å². The van der Waals surface area contributed by atoms with Crippen LogP contribution in [0.1, 0.15) is 48.0 Å². The third kappa shape index (κ3) is 3.42. The van der Waals surface area contributed by atoms with E-state index in [1.54, 1.807) is 23.0 Å². The quantitative estimate of drug-likeness (QED) is 0.541. The lowest BCUT2D eigenvalue weighted by molar-refractivity contribution is 0.0610. The predicted octanol–water partition coefficient (Wildman–Crippen LogP) is 2.86. The zero-order chi connectivity index (χ0) is 18.9. The number of carbonyl (C=O) groups is 1. The van der Waals surface area contributed by atoms with Crippen molar-refractivity contribution in [1.82, 2.24) is 14.5 Å². The summed E-state index contributed by atoms with van der Waals surface area (Å²) in [6, 6.07) is 7.37. The molecule has 0 saturated heterocycles. The first-order valence-corrected chi connectivity index (χ1v) is 9.03. The summed E-state index contributed by atoms with van der Waals surface area (Å²) < 4.78 is 1.80. The van der Waals surface area contributed by atoms with E-state index in [9.17, 15) is 9.90 Å². The van der Waals surface area contributed by atoms with Gasteiger partial charge in [0, 0.05) is 28.9 Å². The van der Waals surface area contributed by atoms with Gasteiger partial charge in [0.1, 0.15) is 11.4 Å². The van der Waals surface area contributed by atoms with Gasteiger partial charge in [-0.15, -0.1) is 0 Å². The Kier molecular flexibility index (Phi) is 4.38. The molecule has 3 N–H and O–H groups in total. The molecule has 136 valence electrons. The second kappa shape index (κ2) is 6.86. The minimum atomic E-state index is -0.899. The monoisotopic (exact) mass is 360 g/mol. The Hall–Kier alpha value is -3.17. The number of benzene rings is 1. The van der Waals surface area contributed by atoms with Crippen molar-refractivity contribution in [2.75, 3.05) is 5.73 Å². The van der Waals surface area contributed by atoms with Gasteiger partial charge in [0.2, 0.25) is 5.95 Å². The van der Waals surface area contributed by atoms with E-state index >= 15 is 0 Å². The van der Waals surface area contributed by atoms with Crippen LogP contribution in [0.5, 0.6) is 0 Å². The summed E-state index contributed by atoms with van der Waals surface area (Å²) in [4.78, 5) is 19.6. The van der Waals surface area contributed by atoms with Gasteiger partial charge in [-0.2, -0.15) is 4.98 Å². The van der Waals surface area contributed by atoms with Crippen molar-refractivity contribution in [2.45, 2.75) is 37.7 Å². The third-order valence-corrected chi connectivity index (χ3v) is 4.99. The number of nitrogens with zero attached hydrogens (tertiary/aromatic N) is 3. The summed E-state index contributed by atoms with van der Waals surface area (Å²) in [5.74, 6) is 6.90. The number of nitrogen functional groups attached to an aromatic ring is 1. The van der Waals surface area contributed by atoms with E-state index in [2.05, 4.69) is 21.8 Å². The highest BCUT2D eigenvalue weighted by molar-refractivity contribution is 5.98. The largest absolute Gasteiger partial charge is 0.378 e. The van der Waals surface area contributed by atoms with Crippen LogP contribution in [0, 0.1) is 11.8 Å². The summed E-state index contributed by atoms with van der Waals surface area (Å²) in [5.41, 5.74) is 6.94. The number of hydrogen-bond donors (Lipinski definition) is 2. The molecule has 2 aromatic heterocycles. The van der Waals surface area contributed by atoms with Crippen LogP contribution in [0.2, 0.25) is 0 Å². The molecule has 0 atom stereocenters. The normalized spacial score (nSPS) is 15.9. The van der Waals surface area contributed by atoms with E-state index in [4.69, 9.17) is 5.73 Å². The highest BCUT2D eigenvalue weighted by Gasteiger charge is 2.26. The molecule has 1 fully saturated rings. The van der Waals surface area contributed by atoms with E-state index in [0.29, 0.717) is 24.2 Å². The predicted molar refractivity (Wildman–Crippen MR) is 104 cm³/mol. The van der Waals surface area contributed by atoms with Crippen LogP contribution in [-0.2, 0) is 0 Å². The van der Waals surface area contributed by atoms with E-state index in [1.165, 1.54) is 0 Å². The van der Waals surface area contributed by atoms with Gasteiger partial charge in [0.15, 0.2) is 6.29 Å². The number of carbonyl (C=O) groups excluding carboxylic acids is 1. The molecule has 0 aliphatic heterocycles. The SMILES string of the molecule is Nc1nccc(-n2cc(C=O)c3ccc(C#CC4(O)CCCCC4)cc32)n1. The Morgan fingerprint density at radius 2 is 2.04 bits per heavy atom. The molecule has 0 spiro atoms. The van der Waals surface area contributed by atoms with Crippen LogP contribution in [0.4, 0.5) is 5.95 Å². The zero-order valence-electron chi connectivity index (χ0n) is 14.9. The molecule has 6 nitrogen and oxygen atoms in total. The van der Waals surface area contributed by atoms with Crippen molar-refractivity contribution in [3.63, 3.8) is 0 Å². The minimum absolute atomic E-state index is 0.164. The molecule has 1 saturated carbocycles. The number of aldehydes is 1. The number of nitrogens with two attached hydrogens (primary N) is 1. The van der Waals surface area contributed by atoms with Crippen molar-refractivity contribution in [3.8, 4) is 17.7 Å². The topological polar surface area (TPSA) is 94.0 Å². The summed E-state index contributed by atoms with van der Waals surface area (Å²) in [7, 11) is 0. The van der Waals surface area contributed by atoms with Crippen LogP contribution in [-0.4, -0.2) is 31.5 Å². The smallest absolute Gasteiger partial charge is 0.221 e. The average molecular weight is 360 g/mol. The lowest BCUT2D eigenvalue weighted by Crippen LogP contribution is -2.29. The molecule has 1 aliphatic carbocycles. The third-order valence-electron chi connectivity index (χ3n) is 4.99. The van der Waals surface area contributed by atoms with Crippen LogP contribution in [0.15, 0.2) is 36.7 Å². The van der Waals surface area contributed by atoms with Crippen molar-refractivity contribution in [2.24, 2.45) is 0 Å². The maximum absolute atomic E-state index is 11.5. The number of rotatable bonds is 2. The highest BCUT2D eigenvalue weighted by Crippen LogP contribution is 2.28. The van der Waals surface area contributed by atoms with Crippen molar-refractivity contribution in [3.05, 3.63) is 47.8 Å². The van der Waals surface area contributed by atoms with Gasteiger partial charge >= 0.3 is 0 Å². The van der Waals surface area contributed by atoms with Crippen molar-refractivity contribution in [1.29, 1.82) is 0 Å². The van der Waals surface area contributed by atoms with Gasteiger partial charge in [-0.1, -0.05) is 24.3 Å². The molecule has 2 heterocycles. The first-order valence-electron chi connectivity index (χ1n) is 9.03. The molecule has 1 aromatic carbocycles. The molecule has 0 amide bonds. The van der Waals surface area contributed by atoms with Crippen LogP contribution in [0.25, 0.3) is 16.7 Å². The summed E-state index contributed by atoms with van der Waals surface area (Å²) in [5, 5.41) is 11.4. The van der Waals surface area contributed by atoms with Gasteiger partial charge in [0.25, 0.3) is 0 Å². The molecular formula is C21H20N4O2. The number of fused-ring (bicyclic) bond motifs is 1. The Morgan fingerprint density at radius 3 is 2.78 bits per heavy atom. The molecule has 27 heavy (non-hydrogen) atoms. The van der Waals surface area contributed by atoms with E-state index in [-0.39, 0.29) is 5.95 Å². The van der Waals surface area contributed by atoms with Crippen LogP contribution >= 0.6 is 0 Å². The second-order valence-corrected chi connectivity index (χ2v) is 6.92. The number of anilines is 1. The first-order chi connectivity index (χ1) is 13.1. The Morgan fingerprint density at radius 1 is 1.22 bits per heavy atom. The fourth-order valence-corrected chi connectivity index (χ4v) is 3.56. The van der Waals surface area contributed by atoms with Crippen LogP contribution < -0.4 is 5.73 Å².